The van der Waals surface area contributed by atoms with Crippen molar-refractivity contribution in [1.82, 2.24) is 10.6 Å². The van der Waals surface area contributed by atoms with Gasteiger partial charge in [0.2, 0.25) is 5.91 Å². The second kappa shape index (κ2) is 12.4. The fourth-order valence-corrected chi connectivity index (χ4v) is 2.70. The molecule has 30 heavy (non-hydrogen) atoms. The Kier molecular flexibility index (Phi) is 9.57. The fraction of sp³-hybridized carbons (Fsp3) is 0.364. The van der Waals surface area contributed by atoms with Gasteiger partial charge in [-0.3, -0.25) is 4.79 Å². The number of alkyl halides is 2. The number of nitrogens with zero attached hydrogens (tertiary/aromatic N) is 1. The summed E-state index contributed by atoms with van der Waals surface area (Å²) in [6, 6.07) is 14.1. The van der Waals surface area contributed by atoms with E-state index in [1.807, 2.05) is 38.1 Å². The fourth-order valence-electron chi connectivity index (χ4n) is 2.70. The van der Waals surface area contributed by atoms with Crippen LogP contribution in [0.4, 0.5) is 14.5 Å². The molecule has 0 heterocycles. The maximum atomic E-state index is 12.6. The summed E-state index contributed by atoms with van der Waals surface area (Å²) < 4.78 is 29.7. The van der Waals surface area contributed by atoms with Gasteiger partial charge in [0.15, 0.2) is 5.96 Å². The highest BCUT2D eigenvalue weighted by molar-refractivity contribution is 5.90. The van der Waals surface area contributed by atoms with Gasteiger partial charge in [0.05, 0.1) is 6.54 Å². The number of rotatable bonds is 10. The first-order valence-electron chi connectivity index (χ1n) is 9.95. The molecule has 162 valence electrons. The van der Waals surface area contributed by atoms with Crippen LogP contribution in [0.2, 0.25) is 0 Å². The first kappa shape index (κ1) is 23.1. The van der Waals surface area contributed by atoms with Crippen molar-refractivity contribution < 1.29 is 18.3 Å². The predicted octanol–water partition coefficient (Wildman–Crippen LogP) is 4.28. The molecule has 0 aliphatic carbocycles. The number of halogens is 2. The Morgan fingerprint density at radius 2 is 1.80 bits per heavy atom. The molecule has 0 aliphatic heterocycles. The third-order valence-electron chi connectivity index (χ3n) is 4.11. The van der Waals surface area contributed by atoms with Gasteiger partial charge in [-0.2, -0.15) is 8.78 Å². The number of aliphatic imine (C=N–C) groups is 1. The molecule has 6 nitrogen and oxygen atoms in total. The highest BCUT2D eigenvalue weighted by Gasteiger charge is 2.09. The summed E-state index contributed by atoms with van der Waals surface area (Å²) in [5.41, 5.74) is 2.33. The molecule has 8 heteroatoms. The van der Waals surface area contributed by atoms with Gasteiger partial charge in [-0.15, -0.1) is 0 Å². The largest absolute Gasteiger partial charge is 0.434 e. The molecule has 0 saturated carbocycles. The van der Waals surface area contributed by atoms with Crippen molar-refractivity contribution in [2.24, 2.45) is 4.99 Å². The van der Waals surface area contributed by atoms with Crippen molar-refractivity contribution >= 4 is 17.6 Å². The first-order valence-corrected chi connectivity index (χ1v) is 9.95. The van der Waals surface area contributed by atoms with Gasteiger partial charge in [0, 0.05) is 30.8 Å². The lowest BCUT2D eigenvalue weighted by atomic mass is 10.2. The molecule has 2 rings (SSSR count). The molecule has 2 aromatic carbocycles. The van der Waals surface area contributed by atoms with Crippen LogP contribution in [-0.4, -0.2) is 25.0 Å². The number of carbonyl (C=O) groups is 1. The second-order valence-corrected chi connectivity index (χ2v) is 6.53. The molecule has 0 unspecified atom stereocenters. The summed E-state index contributed by atoms with van der Waals surface area (Å²) in [6.45, 7) is 2.40. The van der Waals surface area contributed by atoms with Crippen LogP contribution in [0.1, 0.15) is 37.8 Å². The van der Waals surface area contributed by atoms with Crippen molar-refractivity contribution in [2.45, 2.75) is 46.4 Å². The number of guanidine groups is 1. The van der Waals surface area contributed by atoms with E-state index >= 15 is 0 Å². The molecule has 0 radical (unpaired) electrons. The van der Waals surface area contributed by atoms with E-state index in [4.69, 9.17) is 0 Å². The van der Waals surface area contributed by atoms with Gasteiger partial charge in [-0.05, 0) is 37.1 Å². The molecule has 1 amide bonds. The molecule has 0 aromatic heterocycles. The topological polar surface area (TPSA) is 74.8 Å². The Morgan fingerprint density at radius 1 is 1.07 bits per heavy atom. The number of para-hydroxylation sites is 1. The summed E-state index contributed by atoms with van der Waals surface area (Å²) in [4.78, 5) is 16.2. The average molecular weight is 418 g/mol. The second-order valence-electron chi connectivity index (χ2n) is 6.53. The number of carbonyl (C=O) groups excluding carboxylic acids is 1. The Hall–Kier alpha value is -3.16. The zero-order chi connectivity index (χ0) is 21.8. The normalized spacial score (nSPS) is 11.3. The first-order chi connectivity index (χ1) is 14.5. The molecule has 3 N–H and O–H groups in total. The van der Waals surface area contributed by atoms with Crippen molar-refractivity contribution in [3.05, 3.63) is 59.7 Å². The van der Waals surface area contributed by atoms with Crippen LogP contribution in [0.25, 0.3) is 0 Å². The van der Waals surface area contributed by atoms with Crippen LogP contribution in [0.5, 0.6) is 5.75 Å². The number of ether oxygens (including phenoxy) is 1. The van der Waals surface area contributed by atoms with Gasteiger partial charge in [0.1, 0.15) is 5.75 Å². The third kappa shape index (κ3) is 8.06. The molecule has 0 bridgehead atoms. The maximum Gasteiger partial charge on any atom is 0.387 e. The number of nitrogens with one attached hydrogen (secondary N) is 3. The zero-order valence-electron chi connectivity index (χ0n) is 17.3. The van der Waals surface area contributed by atoms with Crippen LogP contribution >= 0.6 is 0 Å². The van der Waals surface area contributed by atoms with Gasteiger partial charge in [-0.25, -0.2) is 4.99 Å². The Labute approximate surface area is 175 Å². The van der Waals surface area contributed by atoms with E-state index < -0.39 is 6.61 Å². The predicted molar refractivity (Wildman–Crippen MR) is 115 cm³/mol. The van der Waals surface area contributed by atoms with E-state index in [-0.39, 0.29) is 18.2 Å². The number of hydrogen-bond acceptors (Lipinski definition) is 3. The van der Waals surface area contributed by atoms with Crippen molar-refractivity contribution in [1.29, 1.82) is 0 Å². The summed E-state index contributed by atoms with van der Waals surface area (Å²) in [5.74, 6) is 0.694. The molecule has 2 aromatic rings. The highest BCUT2D eigenvalue weighted by Crippen LogP contribution is 2.20. The summed E-state index contributed by atoms with van der Waals surface area (Å²) >= 11 is 0. The van der Waals surface area contributed by atoms with Crippen LogP contribution in [0, 0.1) is 0 Å². The SMILES string of the molecule is CCCC(=O)Nc1ccc(CN=C(NCC)NCc2ccccc2OC(F)F)cc1. The maximum absolute atomic E-state index is 12.6. The van der Waals surface area contributed by atoms with E-state index in [0.717, 1.165) is 17.7 Å². The minimum atomic E-state index is -2.87. The van der Waals surface area contributed by atoms with Crippen LogP contribution in [0.3, 0.4) is 0 Å². The van der Waals surface area contributed by atoms with Crippen LogP contribution < -0.4 is 20.7 Å². The van der Waals surface area contributed by atoms with Crippen molar-refractivity contribution in [2.75, 3.05) is 11.9 Å². The highest BCUT2D eigenvalue weighted by atomic mass is 19.3. The lowest BCUT2D eigenvalue weighted by molar-refractivity contribution is -0.116. The summed E-state index contributed by atoms with van der Waals surface area (Å²) in [5, 5.41) is 9.10. The van der Waals surface area contributed by atoms with Crippen molar-refractivity contribution in [3.63, 3.8) is 0 Å². The molecule has 0 aliphatic rings. The van der Waals surface area contributed by atoms with E-state index in [2.05, 4.69) is 25.7 Å². The van der Waals surface area contributed by atoms with E-state index in [1.54, 1.807) is 18.2 Å². The number of amides is 1. The molecular weight excluding hydrogens is 390 g/mol. The summed E-state index contributed by atoms with van der Waals surface area (Å²) in [6.07, 6.45) is 1.30. The monoisotopic (exact) mass is 418 g/mol. The quantitative estimate of drug-likeness (QED) is 0.398. The third-order valence-corrected chi connectivity index (χ3v) is 4.11. The average Bonchev–Trinajstić information content (AvgIpc) is 2.72. The van der Waals surface area contributed by atoms with Crippen molar-refractivity contribution in [3.8, 4) is 5.75 Å². The minimum absolute atomic E-state index is 0.00185. The number of anilines is 1. The zero-order valence-corrected chi connectivity index (χ0v) is 17.3. The van der Waals surface area contributed by atoms with Gasteiger partial charge >= 0.3 is 6.61 Å². The Morgan fingerprint density at radius 3 is 2.47 bits per heavy atom. The number of hydrogen-bond donors (Lipinski definition) is 3. The molecule has 0 saturated heterocycles. The molecule has 0 fully saturated rings. The lowest BCUT2D eigenvalue weighted by Gasteiger charge is -2.14. The van der Waals surface area contributed by atoms with Crippen LogP contribution in [-0.2, 0) is 17.9 Å². The smallest absolute Gasteiger partial charge is 0.387 e. The lowest BCUT2D eigenvalue weighted by Crippen LogP contribution is -2.36. The number of benzene rings is 2. The van der Waals surface area contributed by atoms with E-state index in [0.29, 0.717) is 31.0 Å². The van der Waals surface area contributed by atoms with Gasteiger partial charge in [-0.1, -0.05) is 37.3 Å². The molecular formula is C22H28F2N4O2. The van der Waals surface area contributed by atoms with E-state index in [1.165, 1.54) is 6.07 Å². The molecule has 0 spiro atoms. The summed E-state index contributed by atoms with van der Waals surface area (Å²) in [7, 11) is 0. The van der Waals surface area contributed by atoms with Crippen LogP contribution in [0.15, 0.2) is 53.5 Å². The minimum Gasteiger partial charge on any atom is -0.434 e. The van der Waals surface area contributed by atoms with Gasteiger partial charge < -0.3 is 20.7 Å². The Balaban J connectivity index is 1.97. The standard InChI is InChI=1S/C22H28F2N4O2/c1-3-7-20(29)28-18-12-10-16(11-13-18)14-26-22(25-4-2)27-15-17-8-5-6-9-19(17)30-21(23)24/h5-6,8-13,21H,3-4,7,14-15H2,1-2H3,(H,28,29)(H2,25,26,27). The molecule has 0 atom stereocenters. The Bertz CT molecular complexity index is 826. The van der Waals surface area contributed by atoms with E-state index in [9.17, 15) is 13.6 Å². The van der Waals surface area contributed by atoms with Gasteiger partial charge in [0.25, 0.3) is 0 Å².